The van der Waals surface area contributed by atoms with E-state index in [0.717, 1.165) is 0 Å². The number of hydrazone groups is 1. The Balaban J connectivity index is 2.05. The zero-order chi connectivity index (χ0) is 20.5. The summed E-state index contributed by atoms with van der Waals surface area (Å²) >= 11 is 0. The van der Waals surface area contributed by atoms with E-state index in [4.69, 9.17) is 18.9 Å². The second-order valence-electron chi connectivity index (χ2n) is 5.33. The molecule has 0 heterocycles. The Bertz CT molecular complexity index is 882. The number of hydrogen-bond acceptors (Lipinski definition) is 7. The van der Waals surface area contributed by atoms with Crippen LogP contribution < -0.4 is 29.7 Å². The van der Waals surface area contributed by atoms with Gasteiger partial charge in [-0.05, 0) is 18.2 Å². The Morgan fingerprint density at radius 1 is 0.857 bits per heavy atom. The molecule has 9 heteroatoms. The smallest absolute Gasteiger partial charge is 0.329 e. The molecule has 0 unspecified atom stereocenters. The fraction of sp³-hybridized carbons (Fsp3) is 0.211. The van der Waals surface area contributed by atoms with Crippen LogP contribution in [0.1, 0.15) is 5.56 Å². The maximum atomic E-state index is 12.0. The van der Waals surface area contributed by atoms with Crippen LogP contribution in [0.25, 0.3) is 0 Å². The van der Waals surface area contributed by atoms with Crippen LogP contribution in [-0.4, -0.2) is 46.5 Å². The topological polar surface area (TPSA) is 107 Å². The average Bonchev–Trinajstić information content (AvgIpc) is 2.73. The molecule has 0 bridgehead atoms. The summed E-state index contributed by atoms with van der Waals surface area (Å²) in [6.07, 6.45) is 1.33. The summed E-state index contributed by atoms with van der Waals surface area (Å²) in [5.41, 5.74) is 3.10. The normalized spacial score (nSPS) is 10.3. The number of amides is 2. The highest BCUT2D eigenvalue weighted by atomic mass is 16.5. The molecule has 0 atom stereocenters. The molecule has 2 aromatic rings. The molecule has 0 radical (unpaired) electrons. The molecule has 28 heavy (non-hydrogen) atoms. The van der Waals surface area contributed by atoms with Gasteiger partial charge < -0.3 is 24.3 Å². The van der Waals surface area contributed by atoms with E-state index in [9.17, 15) is 9.59 Å². The van der Waals surface area contributed by atoms with Crippen LogP contribution in [0.15, 0.2) is 41.5 Å². The van der Waals surface area contributed by atoms with Gasteiger partial charge in [0.05, 0.1) is 34.7 Å². The lowest BCUT2D eigenvalue weighted by molar-refractivity contribution is -0.136. The van der Waals surface area contributed by atoms with Crippen molar-refractivity contribution in [3.8, 4) is 23.0 Å². The Kier molecular flexibility index (Phi) is 7.21. The van der Waals surface area contributed by atoms with E-state index in [1.807, 2.05) is 0 Å². The van der Waals surface area contributed by atoms with Gasteiger partial charge in [-0.3, -0.25) is 9.59 Å². The van der Waals surface area contributed by atoms with Crippen molar-refractivity contribution in [3.05, 3.63) is 42.0 Å². The maximum Gasteiger partial charge on any atom is 0.329 e. The second-order valence-corrected chi connectivity index (χ2v) is 5.33. The van der Waals surface area contributed by atoms with Crippen LogP contribution in [0.5, 0.6) is 23.0 Å². The predicted molar refractivity (Wildman–Crippen MR) is 103 cm³/mol. The van der Waals surface area contributed by atoms with Gasteiger partial charge in [0.15, 0.2) is 11.5 Å². The molecule has 0 aliphatic carbocycles. The van der Waals surface area contributed by atoms with Crippen LogP contribution in [0.2, 0.25) is 0 Å². The minimum absolute atomic E-state index is 0.421. The number of ether oxygens (including phenoxy) is 4. The molecular weight excluding hydrogens is 366 g/mol. The third-order valence-electron chi connectivity index (χ3n) is 3.64. The lowest BCUT2D eigenvalue weighted by Crippen LogP contribution is -2.32. The van der Waals surface area contributed by atoms with Gasteiger partial charge in [-0.25, -0.2) is 5.43 Å². The van der Waals surface area contributed by atoms with E-state index in [1.165, 1.54) is 34.7 Å². The molecule has 0 saturated heterocycles. The number of methoxy groups -OCH3 is 4. The molecule has 0 aliphatic rings. The van der Waals surface area contributed by atoms with Crippen molar-refractivity contribution in [2.45, 2.75) is 0 Å². The van der Waals surface area contributed by atoms with Crippen molar-refractivity contribution in [3.63, 3.8) is 0 Å². The molecule has 148 valence electrons. The van der Waals surface area contributed by atoms with E-state index in [-0.39, 0.29) is 0 Å². The minimum Gasteiger partial charge on any atom is -0.497 e. The van der Waals surface area contributed by atoms with E-state index in [0.29, 0.717) is 34.2 Å². The maximum absolute atomic E-state index is 12.0. The predicted octanol–water partition coefficient (Wildman–Crippen LogP) is 1.81. The number of nitrogens with one attached hydrogen (secondary N) is 2. The number of benzene rings is 2. The van der Waals surface area contributed by atoms with Gasteiger partial charge in [-0.15, -0.1) is 0 Å². The molecule has 2 rings (SSSR count). The van der Waals surface area contributed by atoms with Crippen molar-refractivity contribution in [2.75, 3.05) is 33.8 Å². The molecule has 9 nitrogen and oxygen atoms in total. The highest BCUT2D eigenvalue weighted by Gasteiger charge is 2.14. The molecule has 0 aromatic heterocycles. The zero-order valence-electron chi connectivity index (χ0n) is 15.9. The first-order chi connectivity index (χ1) is 13.5. The molecular formula is C19H21N3O6. The molecule has 2 N–H and O–H groups in total. The quantitative estimate of drug-likeness (QED) is 0.426. The molecule has 0 spiro atoms. The first-order valence-corrected chi connectivity index (χ1v) is 8.10. The van der Waals surface area contributed by atoms with Gasteiger partial charge in [0, 0.05) is 23.4 Å². The first kappa shape index (κ1) is 20.6. The van der Waals surface area contributed by atoms with Gasteiger partial charge >= 0.3 is 11.8 Å². The molecule has 2 amide bonds. The first-order valence-electron chi connectivity index (χ1n) is 8.10. The Hall–Kier alpha value is -3.75. The van der Waals surface area contributed by atoms with E-state index >= 15 is 0 Å². The number of rotatable bonds is 7. The largest absolute Gasteiger partial charge is 0.497 e. The second kappa shape index (κ2) is 9.81. The molecule has 2 aromatic carbocycles. The fourth-order valence-electron chi connectivity index (χ4n) is 2.25. The zero-order valence-corrected chi connectivity index (χ0v) is 15.9. The summed E-state index contributed by atoms with van der Waals surface area (Å²) < 4.78 is 20.7. The van der Waals surface area contributed by atoms with E-state index in [2.05, 4.69) is 15.8 Å². The summed E-state index contributed by atoms with van der Waals surface area (Å²) in [5.74, 6) is 0.154. The Morgan fingerprint density at radius 2 is 1.54 bits per heavy atom. The van der Waals surface area contributed by atoms with Crippen LogP contribution >= 0.6 is 0 Å². The summed E-state index contributed by atoms with van der Waals surface area (Å²) in [6.45, 7) is 0. The van der Waals surface area contributed by atoms with Crippen LogP contribution in [0, 0.1) is 0 Å². The van der Waals surface area contributed by atoms with Crippen molar-refractivity contribution in [1.82, 2.24) is 5.43 Å². The summed E-state index contributed by atoms with van der Waals surface area (Å²) in [5, 5.41) is 6.25. The third kappa shape index (κ3) is 5.13. The summed E-state index contributed by atoms with van der Waals surface area (Å²) in [6, 6.07) is 9.87. The number of carbonyl (C=O) groups is 2. The molecule has 0 fully saturated rings. The highest BCUT2D eigenvalue weighted by molar-refractivity contribution is 6.39. The number of carbonyl (C=O) groups excluding carboxylic acids is 2. The number of hydrogen-bond donors (Lipinski definition) is 2. The van der Waals surface area contributed by atoms with Crippen molar-refractivity contribution < 1.29 is 28.5 Å². The van der Waals surface area contributed by atoms with Crippen LogP contribution in [-0.2, 0) is 9.59 Å². The van der Waals surface area contributed by atoms with Gasteiger partial charge in [0.25, 0.3) is 0 Å². The summed E-state index contributed by atoms with van der Waals surface area (Å²) in [7, 11) is 5.99. The lowest BCUT2D eigenvalue weighted by atomic mass is 10.2. The third-order valence-corrected chi connectivity index (χ3v) is 3.64. The summed E-state index contributed by atoms with van der Waals surface area (Å²) in [4.78, 5) is 23.9. The Labute approximate surface area is 162 Å². The Morgan fingerprint density at radius 3 is 2.18 bits per heavy atom. The number of nitrogens with zero attached hydrogens (tertiary/aromatic N) is 1. The van der Waals surface area contributed by atoms with Crippen molar-refractivity contribution in [2.24, 2.45) is 5.10 Å². The van der Waals surface area contributed by atoms with Gasteiger partial charge in [-0.1, -0.05) is 6.07 Å². The molecule has 0 saturated carbocycles. The van der Waals surface area contributed by atoms with Gasteiger partial charge in [0.2, 0.25) is 0 Å². The van der Waals surface area contributed by atoms with Gasteiger partial charge in [-0.2, -0.15) is 5.10 Å². The SMILES string of the molecule is COc1cccc(NC(=O)C(=O)N/N=C\c2cc(OC)c(OC)cc2OC)c1. The van der Waals surface area contributed by atoms with Gasteiger partial charge in [0.1, 0.15) is 11.5 Å². The minimum atomic E-state index is -0.932. The van der Waals surface area contributed by atoms with E-state index < -0.39 is 11.8 Å². The van der Waals surface area contributed by atoms with E-state index in [1.54, 1.807) is 36.4 Å². The lowest BCUT2D eigenvalue weighted by Gasteiger charge is -2.11. The van der Waals surface area contributed by atoms with Crippen LogP contribution in [0.3, 0.4) is 0 Å². The van der Waals surface area contributed by atoms with Crippen LogP contribution in [0.4, 0.5) is 5.69 Å². The number of anilines is 1. The highest BCUT2D eigenvalue weighted by Crippen LogP contribution is 2.33. The fourth-order valence-corrected chi connectivity index (χ4v) is 2.25. The standard InChI is InChI=1S/C19H21N3O6/c1-25-14-7-5-6-13(9-14)21-18(23)19(24)22-20-11-12-8-16(27-3)17(28-4)10-15(12)26-2/h5-11H,1-4H3,(H,21,23)(H,22,24)/b20-11-. The monoisotopic (exact) mass is 387 g/mol. The molecule has 0 aliphatic heterocycles. The van der Waals surface area contributed by atoms with Crippen molar-refractivity contribution >= 4 is 23.7 Å². The van der Waals surface area contributed by atoms with Crippen molar-refractivity contribution in [1.29, 1.82) is 0 Å². The average molecular weight is 387 g/mol.